The molecule has 0 bridgehead atoms. The van der Waals surface area contributed by atoms with Crippen LogP contribution in [0.15, 0.2) is 0 Å². The van der Waals surface area contributed by atoms with Crippen LogP contribution < -0.4 is 0 Å². The van der Waals surface area contributed by atoms with Gasteiger partial charge >= 0.3 is 0 Å². The predicted octanol–water partition coefficient (Wildman–Crippen LogP) is 1.10. The monoisotopic (exact) mass is 157 g/mol. The van der Waals surface area contributed by atoms with E-state index in [0.717, 1.165) is 6.54 Å². The summed E-state index contributed by atoms with van der Waals surface area (Å²) >= 11 is 0. The molecule has 0 aromatic heterocycles. The van der Waals surface area contributed by atoms with Crippen LogP contribution in [-0.2, 0) is 0 Å². The lowest BCUT2D eigenvalue weighted by atomic mass is 10.1. The summed E-state index contributed by atoms with van der Waals surface area (Å²) in [6.07, 6.45) is 2.42. The highest BCUT2D eigenvalue weighted by Crippen LogP contribution is 2.45. The van der Waals surface area contributed by atoms with Crippen LogP contribution in [0.25, 0.3) is 0 Å². The van der Waals surface area contributed by atoms with Crippen molar-refractivity contribution in [1.82, 2.24) is 4.90 Å². The van der Waals surface area contributed by atoms with E-state index in [0.29, 0.717) is 12.6 Å². The maximum Gasteiger partial charge on any atom is 0.0499 e. The van der Waals surface area contributed by atoms with Crippen molar-refractivity contribution in [3.8, 4) is 0 Å². The first-order valence-corrected chi connectivity index (χ1v) is 4.41. The van der Waals surface area contributed by atoms with Gasteiger partial charge in [-0.1, -0.05) is 0 Å². The first-order chi connectivity index (χ1) is 5.09. The Balaban J connectivity index is 2.30. The molecule has 0 radical (unpaired) electrons. The molecule has 0 amide bonds. The molecule has 0 aromatic carbocycles. The Morgan fingerprint density at radius 3 is 2.27 bits per heavy atom. The molecule has 11 heavy (non-hydrogen) atoms. The smallest absolute Gasteiger partial charge is 0.0499 e. The van der Waals surface area contributed by atoms with E-state index in [-0.39, 0.29) is 5.41 Å². The summed E-state index contributed by atoms with van der Waals surface area (Å²) in [6, 6.07) is 0.596. The summed E-state index contributed by atoms with van der Waals surface area (Å²) < 4.78 is 0. The molecular formula is C9H19NO. The first-order valence-electron chi connectivity index (χ1n) is 4.41. The molecule has 0 atom stereocenters. The zero-order chi connectivity index (χ0) is 8.48. The summed E-state index contributed by atoms with van der Waals surface area (Å²) in [7, 11) is 2.13. The molecule has 1 fully saturated rings. The summed E-state index contributed by atoms with van der Waals surface area (Å²) in [5.41, 5.74) is 0.277. The molecule has 1 aliphatic rings. The molecule has 2 nitrogen and oxygen atoms in total. The Morgan fingerprint density at radius 2 is 2.00 bits per heavy atom. The van der Waals surface area contributed by atoms with E-state index in [9.17, 15) is 0 Å². The van der Waals surface area contributed by atoms with Gasteiger partial charge < -0.3 is 10.0 Å². The Bertz CT molecular complexity index is 130. The molecule has 1 N–H and O–H groups in total. The molecule has 0 spiro atoms. The molecule has 0 unspecified atom stereocenters. The van der Waals surface area contributed by atoms with Gasteiger partial charge in [0, 0.05) is 24.6 Å². The van der Waals surface area contributed by atoms with Crippen molar-refractivity contribution >= 4 is 0 Å². The third kappa shape index (κ3) is 2.17. The van der Waals surface area contributed by atoms with Gasteiger partial charge in [0.15, 0.2) is 0 Å². The van der Waals surface area contributed by atoms with Crippen molar-refractivity contribution in [3.63, 3.8) is 0 Å². The van der Waals surface area contributed by atoms with E-state index in [1.165, 1.54) is 12.8 Å². The van der Waals surface area contributed by atoms with Gasteiger partial charge in [-0.2, -0.15) is 0 Å². The van der Waals surface area contributed by atoms with E-state index in [4.69, 9.17) is 5.11 Å². The zero-order valence-electron chi connectivity index (χ0n) is 7.80. The first kappa shape index (κ1) is 9.01. The minimum Gasteiger partial charge on any atom is -0.396 e. The largest absolute Gasteiger partial charge is 0.396 e. The van der Waals surface area contributed by atoms with E-state index < -0.39 is 0 Å². The highest BCUT2D eigenvalue weighted by molar-refractivity contribution is 4.94. The van der Waals surface area contributed by atoms with Crippen LogP contribution in [0.4, 0.5) is 0 Å². The van der Waals surface area contributed by atoms with Crippen LogP contribution in [-0.4, -0.2) is 36.2 Å². The number of hydrogen-bond donors (Lipinski definition) is 1. The van der Waals surface area contributed by atoms with Gasteiger partial charge in [-0.15, -0.1) is 0 Å². The topological polar surface area (TPSA) is 23.5 Å². The number of nitrogens with zero attached hydrogens (tertiary/aromatic N) is 1. The fraction of sp³-hybridized carbons (Fsp3) is 1.00. The average Bonchev–Trinajstić information content (AvgIpc) is 2.69. The summed E-state index contributed by atoms with van der Waals surface area (Å²) in [5, 5.41) is 9.06. The van der Waals surface area contributed by atoms with Crippen LogP contribution in [0.3, 0.4) is 0 Å². The average molecular weight is 157 g/mol. The summed E-state index contributed by atoms with van der Waals surface area (Å²) in [5.74, 6) is 0. The van der Waals surface area contributed by atoms with Gasteiger partial charge in [-0.05, 0) is 33.7 Å². The quantitative estimate of drug-likeness (QED) is 0.660. The van der Waals surface area contributed by atoms with Crippen LogP contribution >= 0.6 is 0 Å². The normalized spacial score (nSPS) is 21.3. The van der Waals surface area contributed by atoms with Gasteiger partial charge in [0.2, 0.25) is 0 Å². The predicted molar refractivity (Wildman–Crippen MR) is 46.5 cm³/mol. The van der Waals surface area contributed by atoms with Crippen molar-refractivity contribution in [3.05, 3.63) is 0 Å². The van der Waals surface area contributed by atoms with Crippen LogP contribution in [0.5, 0.6) is 0 Å². The molecule has 0 aliphatic heterocycles. The number of aliphatic hydroxyl groups excluding tert-OH is 1. The molecule has 0 heterocycles. The van der Waals surface area contributed by atoms with Crippen LogP contribution in [0.2, 0.25) is 0 Å². The van der Waals surface area contributed by atoms with Crippen molar-refractivity contribution in [2.75, 3.05) is 20.2 Å². The van der Waals surface area contributed by atoms with Gasteiger partial charge in [0.25, 0.3) is 0 Å². The molecule has 1 aliphatic carbocycles. The molecular weight excluding hydrogens is 138 g/mol. The molecule has 2 heteroatoms. The number of rotatable bonds is 4. The number of hydrogen-bond acceptors (Lipinski definition) is 2. The maximum absolute atomic E-state index is 9.06. The zero-order valence-corrected chi connectivity index (χ0v) is 7.80. The molecule has 0 aromatic rings. The summed E-state index contributed by atoms with van der Waals surface area (Å²) in [6.45, 7) is 5.80. The Kier molecular flexibility index (Phi) is 2.55. The third-order valence-corrected chi connectivity index (χ3v) is 2.76. The van der Waals surface area contributed by atoms with E-state index in [1.807, 2.05) is 0 Å². The highest BCUT2D eigenvalue weighted by atomic mass is 16.3. The van der Waals surface area contributed by atoms with Crippen LogP contribution in [0.1, 0.15) is 26.7 Å². The Morgan fingerprint density at radius 1 is 1.45 bits per heavy atom. The van der Waals surface area contributed by atoms with Crippen molar-refractivity contribution in [2.45, 2.75) is 32.7 Å². The lowest BCUT2D eigenvalue weighted by Crippen LogP contribution is -2.33. The lowest BCUT2D eigenvalue weighted by Gasteiger charge is -2.25. The maximum atomic E-state index is 9.06. The van der Waals surface area contributed by atoms with Gasteiger partial charge in [-0.25, -0.2) is 0 Å². The second kappa shape index (κ2) is 3.11. The molecule has 0 saturated heterocycles. The van der Waals surface area contributed by atoms with E-state index >= 15 is 0 Å². The lowest BCUT2D eigenvalue weighted by molar-refractivity contribution is 0.147. The van der Waals surface area contributed by atoms with E-state index in [1.54, 1.807) is 0 Å². The van der Waals surface area contributed by atoms with Crippen molar-refractivity contribution in [1.29, 1.82) is 0 Å². The van der Waals surface area contributed by atoms with Gasteiger partial charge in [0.05, 0.1) is 0 Å². The Hall–Kier alpha value is -0.0800. The summed E-state index contributed by atoms with van der Waals surface area (Å²) in [4.78, 5) is 2.31. The Labute approximate surface area is 69.2 Å². The van der Waals surface area contributed by atoms with Gasteiger partial charge in [0.1, 0.15) is 0 Å². The van der Waals surface area contributed by atoms with Crippen LogP contribution in [0, 0.1) is 5.41 Å². The van der Waals surface area contributed by atoms with Crippen molar-refractivity contribution in [2.24, 2.45) is 5.41 Å². The second-order valence-electron chi connectivity index (χ2n) is 4.17. The minimum absolute atomic E-state index is 0.277. The SMILES string of the molecule is CC(C)N(C)CC1(CO)CC1. The van der Waals surface area contributed by atoms with Gasteiger partial charge in [-0.3, -0.25) is 0 Å². The molecule has 66 valence electrons. The second-order valence-corrected chi connectivity index (χ2v) is 4.17. The molecule has 1 rings (SSSR count). The third-order valence-electron chi connectivity index (χ3n) is 2.76. The highest BCUT2D eigenvalue weighted by Gasteiger charge is 2.42. The fourth-order valence-electron chi connectivity index (χ4n) is 1.25. The van der Waals surface area contributed by atoms with Crippen molar-refractivity contribution < 1.29 is 5.11 Å². The number of aliphatic hydroxyl groups is 1. The fourth-order valence-corrected chi connectivity index (χ4v) is 1.25. The van der Waals surface area contributed by atoms with E-state index in [2.05, 4.69) is 25.8 Å². The molecule has 1 saturated carbocycles. The standard InChI is InChI=1S/C9H19NO/c1-8(2)10(3)6-9(7-11)4-5-9/h8,11H,4-7H2,1-3H3. The minimum atomic E-state index is 0.277.